The number of fused-ring (bicyclic) bond motifs is 2. The van der Waals surface area contributed by atoms with Crippen LogP contribution in [0.3, 0.4) is 0 Å². The van der Waals surface area contributed by atoms with Crippen molar-refractivity contribution in [2.75, 3.05) is 13.2 Å². The zero-order valence-corrected chi connectivity index (χ0v) is 11.9. The number of rotatable bonds is 0. The Bertz CT molecular complexity index is 414. The summed E-state index contributed by atoms with van der Waals surface area (Å²) in [5, 5.41) is 3.95. The van der Waals surface area contributed by atoms with Crippen molar-refractivity contribution in [2.45, 2.75) is 24.0 Å². The maximum atomic E-state index is 5.83. The summed E-state index contributed by atoms with van der Waals surface area (Å²) in [6.07, 6.45) is 0.846. The minimum Gasteiger partial charge on any atom is -0.360 e. The molecule has 16 heavy (non-hydrogen) atoms. The van der Waals surface area contributed by atoms with E-state index < -0.39 is 5.79 Å². The van der Waals surface area contributed by atoms with Gasteiger partial charge in [-0.3, -0.25) is 0 Å². The number of ether oxygens (including phenoxy) is 2. The maximum Gasteiger partial charge on any atom is 0.214 e. The highest BCUT2D eigenvalue weighted by Gasteiger charge is 2.54. The Balaban J connectivity index is 2.17. The first kappa shape index (κ1) is 11.2. The summed E-state index contributed by atoms with van der Waals surface area (Å²) in [7, 11) is 0. The minimum absolute atomic E-state index is 0.116. The van der Waals surface area contributed by atoms with E-state index >= 15 is 0 Å². The third-order valence-corrected chi connectivity index (χ3v) is 5.20. The first-order chi connectivity index (χ1) is 7.65. The number of alkyl halides is 1. The first-order valence-corrected chi connectivity index (χ1v) is 6.92. The second-order valence-corrected chi connectivity index (χ2v) is 5.96. The fourth-order valence-corrected chi connectivity index (χ4v) is 3.67. The maximum absolute atomic E-state index is 5.83. The predicted molar refractivity (Wildman–Crippen MR) is 63.4 cm³/mol. The number of halogens is 2. The molecule has 2 atom stereocenters. The molecule has 88 valence electrons. The molecule has 1 aliphatic carbocycles. The molecule has 6 heteroatoms. The lowest BCUT2D eigenvalue weighted by Crippen LogP contribution is -2.45. The van der Waals surface area contributed by atoms with Crippen molar-refractivity contribution in [1.82, 2.24) is 5.16 Å². The smallest absolute Gasteiger partial charge is 0.214 e. The highest BCUT2D eigenvalue weighted by molar-refractivity contribution is 9.10. The fourth-order valence-electron chi connectivity index (χ4n) is 2.42. The Hall–Kier alpha value is 0.0900. The van der Waals surface area contributed by atoms with Gasteiger partial charge >= 0.3 is 0 Å². The van der Waals surface area contributed by atoms with E-state index in [4.69, 9.17) is 14.0 Å². The van der Waals surface area contributed by atoms with E-state index in [-0.39, 0.29) is 4.83 Å². The van der Waals surface area contributed by atoms with E-state index in [1.165, 1.54) is 0 Å². The van der Waals surface area contributed by atoms with Gasteiger partial charge in [0.05, 0.1) is 23.6 Å². The minimum atomic E-state index is -0.730. The quantitative estimate of drug-likeness (QED) is 0.673. The second kappa shape index (κ2) is 3.80. The molecule has 0 aromatic carbocycles. The number of hydrogen-bond donors (Lipinski definition) is 0. The van der Waals surface area contributed by atoms with Crippen molar-refractivity contribution in [2.24, 2.45) is 5.92 Å². The lowest BCUT2D eigenvalue weighted by molar-refractivity contribution is -0.177. The van der Waals surface area contributed by atoms with Gasteiger partial charge in [0.15, 0.2) is 4.60 Å². The molecule has 1 aliphatic heterocycles. The van der Waals surface area contributed by atoms with Gasteiger partial charge in [-0.15, -0.1) is 0 Å². The summed E-state index contributed by atoms with van der Waals surface area (Å²) >= 11 is 7.08. The summed E-state index contributed by atoms with van der Waals surface area (Å²) in [5.74, 6) is 0.508. The van der Waals surface area contributed by atoms with Crippen molar-refractivity contribution in [1.29, 1.82) is 0 Å². The van der Waals surface area contributed by atoms with Gasteiger partial charge in [0.25, 0.3) is 0 Å². The Morgan fingerprint density at radius 1 is 1.38 bits per heavy atom. The number of nitrogens with zero attached hydrogens (tertiary/aromatic N) is 1. The average molecular weight is 353 g/mol. The highest BCUT2D eigenvalue weighted by atomic mass is 79.9. The zero-order chi connectivity index (χ0) is 11.3. The van der Waals surface area contributed by atoms with E-state index in [1.807, 2.05) is 0 Å². The van der Waals surface area contributed by atoms with E-state index in [0.717, 1.165) is 17.7 Å². The molecule has 1 aromatic rings. The molecule has 1 spiro atoms. The van der Waals surface area contributed by atoms with Gasteiger partial charge in [-0.2, -0.15) is 0 Å². The molecule has 1 saturated heterocycles. The zero-order valence-electron chi connectivity index (χ0n) is 8.70. The van der Waals surface area contributed by atoms with Crippen molar-refractivity contribution in [3.8, 4) is 0 Å². The van der Waals surface area contributed by atoms with Crippen LogP contribution in [0.25, 0.3) is 0 Å². The molecule has 0 N–H and O–H groups in total. The van der Waals surface area contributed by atoms with Gasteiger partial charge in [0.1, 0.15) is 5.76 Å². The number of hydrogen-bond acceptors (Lipinski definition) is 4. The standard InChI is InChI=1S/C10H11Br2NO3/c1-5-4-6-7(9(12)13-16-6)10(8(5)11)14-2-3-15-10/h5,8H,2-4H2,1H3. The van der Waals surface area contributed by atoms with Crippen molar-refractivity contribution >= 4 is 31.9 Å². The summed E-state index contributed by atoms with van der Waals surface area (Å²) < 4.78 is 17.7. The molecule has 1 aromatic heterocycles. The average Bonchev–Trinajstić information content (AvgIpc) is 2.84. The molecule has 2 heterocycles. The van der Waals surface area contributed by atoms with E-state index in [2.05, 4.69) is 43.9 Å². The Morgan fingerprint density at radius 2 is 2.06 bits per heavy atom. The van der Waals surface area contributed by atoms with Crippen LogP contribution in [-0.4, -0.2) is 23.2 Å². The molecule has 1 fully saturated rings. The molecule has 4 nitrogen and oxygen atoms in total. The van der Waals surface area contributed by atoms with Crippen LogP contribution < -0.4 is 0 Å². The van der Waals surface area contributed by atoms with Crippen molar-refractivity contribution in [3.63, 3.8) is 0 Å². The van der Waals surface area contributed by atoms with Crippen LogP contribution in [0.15, 0.2) is 9.13 Å². The van der Waals surface area contributed by atoms with Gasteiger partial charge in [-0.25, -0.2) is 0 Å². The Kier molecular flexibility index (Phi) is 2.66. The molecule has 0 saturated carbocycles. The summed E-state index contributed by atoms with van der Waals surface area (Å²) in [6, 6.07) is 0. The molecule has 2 unspecified atom stereocenters. The molecule has 0 bridgehead atoms. The van der Waals surface area contributed by atoms with Crippen molar-refractivity contribution < 1.29 is 14.0 Å². The van der Waals surface area contributed by atoms with Crippen LogP contribution in [0, 0.1) is 5.92 Å². The largest absolute Gasteiger partial charge is 0.360 e. The summed E-state index contributed by atoms with van der Waals surface area (Å²) in [6.45, 7) is 3.35. The number of aromatic nitrogens is 1. The summed E-state index contributed by atoms with van der Waals surface area (Å²) in [4.78, 5) is 0.116. The molecule has 0 radical (unpaired) electrons. The molecular weight excluding hydrogens is 342 g/mol. The van der Waals surface area contributed by atoms with Crippen LogP contribution in [0.2, 0.25) is 0 Å². The third kappa shape index (κ3) is 1.36. The second-order valence-electron chi connectivity index (χ2n) is 4.22. The van der Waals surface area contributed by atoms with Gasteiger partial charge in [0, 0.05) is 6.42 Å². The van der Waals surface area contributed by atoms with Gasteiger partial charge in [0.2, 0.25) is 5.79 Å². The van der Waals surface area contributed by atoms with Gasteiger partial charge in [-0.1, -0.05) is 28.0 Å². The van der Waals surface area contributed by atoms with Gasteiger partial charge in [-0.05, 0) is 21.8 Å². The Labute approximate surface area is 110 Å². The van der Waals surface area contributed by atoms with Crippen LogP contribution in [0.5, 0.6) is 0 Å². The van der Waals surface area contributed by atoms with Crippen LogP contribution >= 0.6 is 31.9 Å². The Morgan fingerprint density at radius 3 is 2.75 bits per heavy atom. The van der Waals surface area contributed by atoms with Crippen LogP contribution in [0.4, 0.5) is 0 Å². The normalized spacial score (nSPS) is 31.9. The molecule has 2 aliphatic rings. The molecular formula is C10H11Br2NO3. The van der Waals surface area contributed by atoms with Crippen molar-refractivity contribution in [3.05, 3.63) is 15.9 Å². The fraction of sp³-hybridized carbons (Fsp3) is 0.700. The topological polar surface area (TPSA) is 44.5 Å². The van der Waals surface area contributed by atoms with Crippen LogP contribution in [-0.2, 0) is 21.7 Å². The molecule has 0 amide bonds. The van der Waals surface area contributed by atoms with Gasteiger partial charge < -0.3 is 14.0 Å². The first-order valence-electron chi connectivity index (χ1n) is 5.21. The lowest BCUT2D eigenvalue weighted by Gasteiger charge is -2.38. The highest BCUT2D eigenvalue weighted by Crippen LogP contribution is 2.50. The molecule has 3 rings (SSSR count). The monoisotopic (exact) mass is 351 g/mol. The third-order valence-electron chi connectivity index (χ3n) is 3.16. The predicted octanol–water partition coefficient (Wildman–Crippen LogP) is 2.59. The van der Waals surface area contributed by atoms with E-state index in [9.17, 15) is 0 Å². The van der Waals surface area contributed by atoms with Crippen LogP contribution in [0.1, 0.15) is 18.2 Å². The lowest BCUT2D eigenvalue weighted by atomic mass is 9.85. The summed E-state index contributed by atoms with van der Waals surface area (Å²) in [5.41, 5.74) is 0.907. The van der Waals surface area contributed by atoms with E-state index in [0.29, 0.717) is 23.7 Å². The SMILES string of the molecule is CC1Cc2onc(Br)c2C2(OCCO2)C1Br. The van der Waals surface area contributed by atoms with E-state index in [1.54, 1.807) is 0 Å².